The molecule has 0 unspecified atom stereocenters. The summed E-state index contributed by atoms with van der Waals surface area (Å²) >= 11 is 0. The van der Waals surface area contributed by atoms with Gasteiger partial charge in [0.05, 0.1) is 12.0 Å². The SMILES string of the molecule is COC[C@@H](C)NC(=O)c1cc2c(=O)n3cc(C)ccc3nc2n1C. The predicted octanol–water partition coefficient (Wildman–Crippen LogP) is 1.26. The van der Waals surface area contributed by atoms with Crippen LogP contribution < -0.4 is 10.9 Å². The lowest BCUT2D eigenvalue weighted by molar-refractivity contribution is 0.0898. The van der Waals surface area contributed by atoms with Gasteiger partial charge in [-0.15, -0.1) is 0 Å². The Labute approximate surface area is 138 Å². The van der Waals surface area contributed by atoms with Crippen LogP contribution in [-0.4, -0.2) is 39.6 Å². The number of aryl methyl sites for hydroxylation is 2. The van der Waals surface area contributed by atoms with Gasteiger partial charge in [0.1, 0.15) is 17.0 Å². The molecule has 3 aromatic heterocycles. The number of nitrogens with zero attached hydrogens (tertiary/aromatic N) is 3. The molecule has 24 heavy (non-hydrogen) atoms. The van der Waals surface area contributed by atoms with Gasteiger partial charge in [-0.05, 0) is 31.5 Å². The number of carbonyl (C=O) groups is 1. The minimum absolute atomic E-state index is 0.128. The van der Waals surface area contributed by atoms with E-state index in [0.29, 0.717) is 29.0 Å². The average molecular weight is 328 g/mol. The van der Waals surface area contributed by atoms with E-state index < -0.39 is 0 Å². The molecular weight excluding hydrogens is 308 g/mol. The van der Waals surface area contributed by atoms with Crippen LogP contribution in [0, 0.1) is 6.92 Å². The molecule has 0 saturated carbocycles. The lowest BCUT2D eigenvalue weighted by Crippen LogP contribution is -2.36. The third-order valence-electron chi connectivity index (χ3n) is 3.97. The fourth-order valence-corrected chi connectivity index (χ4v) is 2.78. The van der Waals surface area contributed by atoms with Gasteiger partial charge in [-0.25, -0.2) is 4.98 Å². The minimum atomic E-state index is -0.260. The van der Waals surface area contributed by atoms with E-state index in [4.69, 9.17) is 4.74 Å². The summed E-state index contributed by atoms with van der Waals surface area (Å²) in [6.45, 7) is 4.19. The van der Waals surface area contributed by atoms with Crippen molar-refractivity contribution in [3.05, 3.63) is 46.0 Å². The Kier molecular flexibility index (Phi) is 4.11. The summed E-state index contributed by atoms with van der Waals surface area (Å²) < 4.78 is 8.18. The van der Waals surface area contributed by atoms with Crippen molar-refractivity contribution in [2.24, 2.45) is 7.05 Å². The van der Waals surface area contributed by atoms with Crippen LogP contribution in [0.1, 0.15) is 23.0 Å². The largest absolute Gasteiger partial charge is 0.383 e. The van der Waals surface area contributed by atoms with Crippen molar-refractivity contribution in [1.29, 1.82) is 0 Å². The van der Waals surface area contributed by atoms with Gasteiger partial charge in [0, 0.05) is 26.4 Å². The molecule has 0 aliphatic carbocycles. The summed E-state index contributed by atoms with van der Waals surface area (Å²) in [6.07, 6.45) is 1.75. The molecule has 0 fully saturated rings. The Morgan fingerprint density at radius 3 is 2.88 bits per heavy atom. The van der Waals surface area contributed by atoms with E-state index >= 15 is 0 Å². The van der Waals surface area contributed by atoms with Gasteiger partial charge >= 0.3 is 0 Å². The maximum atomic E-state index is 12.7. The second-order valence-corrected chi connectivity index (χ2v) is 6.01. The van der Waals surface area contributed by atoms with Crippen molar-refractivity contribution >= 4 is 22.6 Å². The molecule has 1 atom stereocenters. The summed E-state index contributed by atoms with van der Waals surface area (Å²) in [5.41, 5.74) is 2.23. The first-order valence-electron chi connectivity index (χ1n) is 7.70. The number of methoxy groups -OCH3 is 1. The molecule has 0 spiro atoms. The van der Waals surface area contributed by atoms with Crippen LogP contribution in [-0.2, 0) is 11.8 Å². The number of hydrogen-bond acceptors (Lipinski definition) is 4. The summed E-state index contributed by atoms with van der Waals surface area (Å²) in [5, 5.41) is 3.27. The number of pyridine rings is 1. The van der Waals surface area contributed by atoms with Crippen LogP contribution in [0.25, 0.3) is 16.7 Å². The fraction of sp³-hybridized carbons (Fsp3) is 0.353. The van der Waals surface area contributed by atoms with Gasteiger partial charge in [-0.2, -0.15) is 0 Å². The maximum Gasteiger partial charge on any atom is 0.268 e. The molecular formula is C17H20N4O3. The third kappa shape index (κ3) is 2.67. The van der Waals surface area contributed by atoms with Gasteiger partial charge in [-0.3, -0.25) is 14.0 Å². The smallest absolute Gasteiger partial charge is 0.268 e. The lowest BCUT2D eigenvalue weighted by atomic mass is 10.3. The number of fused-ring (bicyclic) bond motifs is 2. The first-order valence-corrected chi connectivity index (χ1v) is 7.70. The molecule has 0 bridgehead atoms. The lowest BCUT2D eigenvalue weighted by Gasteiger charge is -2.12. The number of aromatic nitrogens is 3. The normalized spacial score (nSPS) is 12.7. The molecule has 3 rings (SSSR count). The maximum absolute atomic E-state index is 12.7. The first-order chi connectivity index (χ1) is 11.4. The second kappa shape index (κ2) is 6.09. The zero-order valence-electron chi connectivity index (χ0n) is 14.2. The van der Waals surface area contributed by atoms with Crippen LogP contribution in [0.3, 0.4) is 0 Å². The molecule has 3 aromatic rings. The summed E-state index contributed by atoms with van der Waals surface area (Å²) in [4.78, 5) is 29.7. The van der Waals surface area contributed by atoms with Crippen LogP contribution in [0.4, 0.5) is 0 Å². The molecule has 1 amide bonds. The Hall–Kier alpha value is -2.67. The predicted molar refractivity (Wildman–Crippen MR) is 91.5 cm³/mol. The van der Waals surface area contributed by atoms with Crippen LogP contribution in [0.15, 0.2) is 29.2 Å². The van der Waals surface area contributed by atoms with Gasteiger partial charge in [0.2, 0.25) is 0 Å². The van der Waals surface area contributed by atoms with Gasteiger partial charge < -0.3 is 14.6 Å². The van der Waals surface area contributed by atoms with Gasteiger partial charge in [0.25, 0.3) is 11.5 Å². The number of amides is 1. The van der Waals surface area contributed by atoms with E-state index in [-0.39, 0.29) is 17.5 Å². The van der Waals surface area contributed by atoms with Gasteiger partial charge in [-0.1, -0.05) is 6.07 Å². The monoisotopic (exact) mass is 328 g/mol. The quantitative estimate of drug-likeness (QED) is 0.782. The number of rotatable bonds is 4. The van der Waals surface area contributed by atoms with Crippen molar-refractivity contribution < 1.29 is 9.53 Å². The fourth-order valence-electron chi connectivity index (χ4n) is 2.78. The molecule has 0 saturated heterocycles. The van der Waals surface area contributed by atoms with E-state index in [1.54, 1.807) is 37.1 Å². The standard InChI is InChI=1S/C17H20N4O3/c1-10-5-6-14-19-15-12(17(23)21(14)8-10)7-13(20(15)3)16(22)18-11(2)9-24-4/h5-8,11H,9H2,1-4H3,(H,18,22)/t11-/m1/s1. The van der Waals surface area contributed by atoms with Crippen LogP contribution in [0.5, 0.6) is 0 Å². The second-order valence-electron chi connectivity index (χ2n) is 6.01. The third-order valence-corrected chi connectivity index (χ3v) is 3.97. The summed E-state index contributed by atoms with van der Waals surface area (Å²) in [7, 11) is 3.31. The Morgan fingerprint density at radius 2 is 2.17 bits per heavy atom. The molecule has 3 heterocycles. The molecule has 7 heteroatoms. The highest BCUT2D eigenvalue weighted by atomic mass is 16.5. The van der Waals surface area contributed by atoms with E-state index in [9.17, 15) is 9.59 Å². The van der Waals surface area contributed by atoms with Crippen molar-refractivity contribution in [3.63, 3.8) is 0 Å². The van der Waals surface area contributed by atoms with E-state index in [2.05, 4.69) is 10.3 Å². The molecule has 0 aliphatic heterocycles. The number of nitrogens with one attached hydrogen (secondary N) is 1. The highest BCUT2D eigenvalue weighted by Gasteiger charge is 2.18. The van der Waals surface area contributed by atoms with Crippen molar-refractivity contribution in [1.82, 2.24) is 19.3 Å². The van der Waals surface area contributed by atoms with Crippen molar-refractivity contribution in [2.75, 3.05) is 13.7 Å². The van der Waals surface area contributed by atoms with Crippen molar-refractivity contribution in [3.8, 4) is 0 Å². The highest BCUT2D eigenvalue weighted by molar-refractivity contribution is 5.98. The molecule has 0 aliphatic rings. The average Bonchev–Trinajstić information content (AvgIpc) is 2.86. The molecule has 7 nitrogen and oxygen atoms in total. The minimum Gasteiger partial charge on any atom is -0.383 e. The van der Waals surface area contributed by atoms with E-state index in [0.717, 1.165) is 5.56 Å². The first kappa shape index (κ1) is 16.2. The topological polar surface area (TPSA) is 77.6 Å². The summed E-state index contributed by atoms with van der Waals surface area (Å²) in [5.74, 6) is -0.260. The Bertz CT molecular complexity index is 987. The highest BCUT2D eigenvalue weighted by Crippen LogP contribution is 2.15. The summed E-state index contributed by atoms with van der Waals surface area (Å²) in [6, 6.07) is 5.16. The number of hydrogen-bond donors (Lipinski definition) is 1. The zero-order chi connectivity index (χ0) is 17.4. The number of ether oxygens (including phenoxy) is 1. The molecule has 126 valence electrons. The van der Waals surface area contributed by atoms with Gasteiger partial charge in [0.15, 0.2) is 0 Å². The van der Waals surface area contributed by atoms with Crippen molar-refractivity contribution in [2.45, 2.75) is 19.9 Å². The molecule has 0 radical (unpaired) electrons. The van der Waals surface area contributed by atoms with E-state index in [1.165, 1.54) is 4.40 Å². The van der Waals surface area contributed by atoms with Crippen LogP contribution in [0.2, 0.25) is 0 Å². The zero-order valence-corrected chi connectivity index (χ0v) is 14.2. The van der Waals surface area contributed by atoms with E-state index in [1.807, 2.05) is 19.9 Å². The number of carbonyl (C=O) groups excluding carboxylic acids is 1. The van der Waals surface area contributed by atoms with Crippen LogP contribution >= 0.6 is 0 Å². The molecule has 1 N–H and O–H groups in total. The molecule has 0 aromatic carbocycles. The Morgan fingerprint density at radius 1 is 1.42 bits per heavy atom. The Balaban J connectivity index is 2.13.